The maximum atomic E-state index is 10.6. The third kappa shape index (κ3) is 2.49. The summed E-state index contributed by atoms with van der Waals surface area (Å²) in [5.41, 5.74) is 2.33. The van der Waals surface area contributed by atoms with E-state index < -0.39 is 6.10 Å². The molecule has 0 bridgehead atoms. The van der Waals surface area contributed by atoms with E-state index in [2.05, 4.69) is 36.1 Å². The molecule has 2 heteroatoms. The number of hydrogen-bond acceptors (Lipinski definition) is 2. The van der Waals surface area contributed by atoms with Gasteiger partial charge in [0.15, 0.2) is 0 Å². The summed E-state index contributed by atoms with van der Waals surface area (Å²) in [6.07, 6.45) is 0.670. The SMILES string of the molecule is C[C@H](c1ccccc1)N1CC[C@@H]1[C@@H](O)c1ccccc1. The maximum Gasteiger partial charge on any atom is 0.0945 e. The van der Waals surface area contributed by atoms with Gasteiger partial charge in [-0.15, -0.1) is 0 Å². The highest BCUT2D eigenvalue weighted by Crippen LogP contribution is 2.36. The summed E-state index contributed by atoms with van der Waals surface area (Å²) in [7, 11) is 0. The van der Waals surface area contributed by atoms with Crippen LogP contribution in [0.4, 0.5) is 0 Å². The zero-order valence-corrected chi connectivity index (χ0v) is 11.8. The van der Waals surface area contributed by atoms with Gasteiger partial charge in [-0.2, -0.15) is 0 Å². The Bertz CT molecular complexity index is 488. The molecule has 0 aliphatic carbocycles. The first kappa shape index (κ1) is 13.3. The standard InChI is InChI=1S/C18H21NO/c1-14(15-8-4-2-5-9-15)19-13-12-17(19)18(20)16-10-6-3-7-11-16/h2-11,14,17-18,20H,12-13H2,1H3/t14-,17-,18+/m1/s1. The van der Waals surface area contributed by atoms with Gasteiger partial charge in [-0.1, -0.05) is 60.7 Å². The van der Waals surface area contributed by atoms with E-state index in [0.717, 1.165) is 18.5 Å². The molecule has 1 heterocycles. The predicted molar refractivity (Wildman–Crippen MR) is 81.4 cm³/mol. The second kappa shape index (κ2) is 5.78. The number of hydrogen-bond donors (Lipinski definition) is 1. The molecule has 1 N–H and O–H groups in total. The zero-order chi connectivity index (χ0) is 13.9. The summed E-state index contributed by atoms with van der Waals surface area (Å²) in [6, 6.07) is 21.1. The second-order valence-electron chi connectivity index (χ2n) is 5.54. The van der Waals surface area contributed by atoms with Gasteiger partial charge in [0.1, 0.15) is 0 Å². The van der Waals surface area contributed by atoms with Crippen molar-refractivity contribution >= 4 is 0 Å². The Hall–Kier alpha value is -1.64. The predicted octanol–water partition coefficient (Wildman–Crippen LogP) is 3.56. The van der Waals surface area contributed by atoms with Crippen LogP contribution in [-0.4, -0.2) is 22.6 Å². The third-order valence-corrected chi connectivity index (χ3v) is 4.39. The number of aliphatic hydroxyl groups excluding tert-OH is 1. The van der Waals surface area contributed by atoms with Crippen molar-refractivity contribution in [2.45, 2.75) is 31.5 Å². The Morgan fingerprint density at radius 2 is 1.50 bits per heavy atom. The molecule has 2 aromatic carbocycles. The molecule has 20 heavy (non-hydrogen) atoms. The molecule has 0 radical (unpaired) electrons. The number of likely N-dealkylation sites (tertiary alicyclic amines) is 1. The fraction of sp³-hybridized carbons (Fsp3) is 0.333. The van der Waals surface area contributed by atoms with Gasteiger partial charge >= 0.3 is 0 Å². The molecule has 3 rings (SSSR count). The van der Waals surface area contributed by atoms with Crippen LogP contribution in [0.15, 0.2) is 60.7 Å². The molecular weight excluding hydrogens is 246 g/mol. The fourth-order valence-electron chi connectivity index (χ4n) is 3.04. The minimum Gasteiger partial charge on any atom is -0.387 e. The van der Waals surface area contributed by atoms with E-state index in [1.165, 1.54) is 5.56 Å². The van der Waals surface area contributed by atoms with E-state index in [9.17, 15) is 5.11 Å². The molecule has 2 nitrogen and oxygen atoms in total. The molecule has 1 aliphatic heterocycles. The molecule has 0 unspecified atom stereocenters. The number of rotatable bonds is 4. The van der Waals surface area contributed by atoms with Crippen LogP contribution in [-0.2, 0) is 0 Å². The smallest absolute Gasteiger partial charge is 0.0945 e. The van der Waals surface area contributed by atoms with Gasteiger partial charge in [0.2, 0.25) is 0 Å². The van der Waals surface area contributed by atoms with Gasteiger partial charge in [-0.3, -0.25) is 4.90 Å². The van der Waals surface area contributed by atoms with Crippen LogP contribution in [0.5, 0.6) is 0 Å². The molecule has 2 aromatic rings. The van der Waals surface area contributed by atoms with Crippen molar-refractivity contribution in [3.63, 3.8) is 0 Å². The van der Waals surface area contributed by atoms with Crippen molar-refractivity contribution in [3.8, 4) is 0 Å². The van der Waals surface area contributed by atoms with E-state index in [1.54, 1.807) is 0 Å². The van der Waals surface area contributed by atoms with E-state index in [1.807, 2.05) is 36.4 Å². The topological polar surface area (TPSA) is 23.5 Å². The lowest BCUT2D eigenvalue weighted by Gasteiger charge is -2.47. The normalized spacial score (nSPS) is 22.0. The summed E-state index contributed by atoms with van der Waals surface area (Å²) in [5.74, 6) is 0. The highest BCUT2D eigenvalue weighted by molar-refractivity contribution is 5.22. The summed E-state index contributed by atoms with van der Waals surface area (Å²) < 4.78 is 0. The molecule has 0 amide bonds. The lowest BCUT2D eigenvalue weighted by molar-refractivity contribution is -0.0394. The zero-order valence-electron chi connectivity index (χ0n) is 11.8. The molecule has 0 aromatic heterocycles. The molecule has 104 valence electrons. The van der Waals surface area contributed by atoms with Crippen LogP contribution in [0.1, 0.15) is 36.6 Å². The summed E-state index contributed by atoms with van der Waals surface area (Å²) >= 11 is 0. The Morgan fingerprint density at radius 3 is 2.00 bits per heavy atom. The summed E-state index contributed by atoms with van der Waals surface area (Å²) in [4.78, 5) is 2.40. The van der Waals surface area contributed by atoms with Crippen LogP contribution in [0.2, 0.25) is 0 Å². The Labute approximate surface area is 120 Å². The van der Waals surface area contributed by atoms with Gasteiger partial charge in [0.25, 0.3) is 0 Å². The quantitative estimate of drug-likeness (QED) is 0.915. The van der Waals surface area contributed by atoms with Crippen LogP contribution in [0, 0.1) is 0 Å². The van der Waals surface area contributed by atoms with Crippen molar-refractivity contribution in [3.05, 3.63) is 71.8 Å². The monoisotopic (exact) mass is 267 g/mol. The van der Waals surface area contributed by atoms with Crippen molar-refractivity contribution in [2.75, 3.05) is 6.54 Å². The summed E-state index contributed by atoms with van der Waals surface area (Å²) in [5, 5.41) is 10.6. The number of benzene rings is 2. The summed E-state index contributed by atoms with van der Waals surface area (Å²) in [6.45, 7) is 3.28. The third-order valence-electron chi connectivity index (χ3n) is 4.39. The Balaban J connectivity index is 1.73. The van der Waals surface area contributed by atoms with Gasteiger partial charge in [0.05, 0.1) is 6.10 Å². The van der Waals surface area contributed by atoms with Crippen LogP contribution < -0.4 is 0 Å². The van der Waals surface area contributed by atoms with E-state index in [4.69, 9.17) is 0 Å². The van der Waals surface area contributed by atoms with Crippen molar-refractivity contribution in [1.82, 2.24) is 4.90 Å². The van der Waals surface area contributed by atoms with Gasteiger partial charge in [-0.25, -0.2) is 0 Å². The van der Waals surface area contributed by atoms with Crippen molar-refractivity contribution < 1.29 is 5.11 Å². The Kier molecular flexibility index (Phi) is 3.86. The van der Waals surface area contributed by atoms with E-state index >= 15 is 0 Å². The average molecular weight is 267 g/mol. The molecule has 0 spiro atoms. The van der Waals surface area contributed by atoms with Gasteiger partial charge in [0, 0.05) is 18.6 Å². The largest absolute Gasteiger partial charge is 0.387 e. The van der Waals surface area contributed by atoms with Gasteiger partial charge in [-0.05, 0) is 24.5 Å². The minimum absolute atomic E-state index is 0.229. The highest BCUT2D eigenvalue weighted by Gasteiger charge is 2.37. The first-order valence-electron chi connectivity index (χ1n) is 7.31. The second-order valence-corrected chi connectivity index (χ2v) is 5.54. The van der Waals surface area contributed by atoms with Gasteiger partial charge < -0.3 is 5.11 Å². The van der Waals surface area contributed by atoms with Crippen LogP contribution in [0.25, 0.3) is 0 Å². The molecule has 1 saturated heterocycles. The van der Waals surface area contributed by atoms with Crippen molar-refractivity contribution in [2.24, 2.45) is 0 Å². The molecule has 3 atom stereocenters. The maximum absolute atomic E-state index is 10.6. The highest BCUT2D eigenvalue weighted by atomic mass is 16.3. The number of nitrogens with zero attached hydrogens (tertiary/aromatic N) is 1. The minimum atomic E-state index is -0.392. The lowest BCUT2D eigenvalue weighted by atomic mass is 9.89. The fourth-order valence-corrected chi connectivity index (χ4v) is 3.04. The lowest BCUT2D eigenvalue weighted by Crippen LogP contribution is -2.51. The Morgan fingerprint density at radius 1 is 0.950 bits per heavy atom. The van der Waals surface area contributed by atoms with E-state index in [0.29, 0.717) is 6.04 Å². The molecule has 0 saturated carbocycles. The molecule has 1 aliphatic rings. The average Bonchev–Trinajstić information content (AvgIpc) is 2.48. The van der Waals surface area contributed by atoms with Crippen LogP contribution >= 0.6 is 0 Å². The first-order valence-corrected chi connectivity index (χ1v) is 7.31. The number of aliphatic hydroxyl groups is 1. The first-order chi connectivity index (χ1) is 9.77. The molecule has 1 fully saturated rings. The van der Waals surface area contributed by atoms with Crippen molar-refractivity contribution in [1.29, 1.82) is 0 Å². The van der Waals surface area contributed by atoms with Crippen LogP contribution in [0.3, 0.4) is 0 Å². The van der Waals surface area contributed by atoms with E-state index in [-0.39, 0.29) is 6.04 Å². The molecular formula is C18H21NO.